The second-order valence-electron chi connectivity index (χ2n) is 5.66. The van der Waals surface area contributed by atoms with E-state index in [1.165, 1.54) is 11.1 Å². The summed E-state index contributed by atoms with van der Waals surface area (Å²) >= 11 is 0. The van der Waals surface area contributed by atoms with E-state index in [1.807, 2.05) is 0 Å². The van der Waals surface area contributed by atoms with E-state index >= 15 is 0 Å². The minimum Gasteiger partial charge on any atom is -0.493 e. The SMILES string of the molecule is COc1cc2c(cc1OC)CN(CCCCC(C)=O)CC2. The van der Waals surface area contributed by atoms with Crippen LogP contribution in [0.1, 0.15) is 37.3 Å². The van der Waals surface area contributed by atoms with Crippen molar-refractivity contribution in [3.63, 3.8) is 0 Å². The van der Waals surface area contributed by atoms with Crippen molar-refractivity contribution in [2.75, 3.05) is 27.3 Å². The van der Waals surface area contributed by atoms with E-state index in [2.05, 4.69) is 17.0 Å². The molecule has 0 spiro atoms. The van der Waals surface area contributed by atoms with Crippen LogP contribution in [0.25, 0.3) is 0 Å². The van der Waals surface area contributed by atoms with Crippen molar-refractivity contribution < 1.29 is 14.3 Å². The first-order chi connectivity index (χ1) is 10.1. The molecule has 4 heteroatoms. The number of Topliss-reactive ketones (excluding diaryl/α,β-unsaturated/α-hetero) is 1. The number of fused-ring (bicyclic) bond motifs is 1. The third kappa shape index (κ3) is 4.21. The van der Waals surface area contributed by atoms with Crippen molar-refractivity contribution in [2.45, 2.75) is 39.2 Å². The molecule has 1 aromatic carbocycles. The first kappa shape index (κ1) is 15.8. The molecule has 4 nitrogen and oxygen atoms in total. The summed E-state index contributed by atoms with van der Waals surface area (Å²) in [5.41, 5.74) is 2.68. The van der Waals surface area contributed by atoms with Crippen LogP contribution >= 0.6 is 0 Å². The maximum atomic E-state index is 11.0. The van der Waals surface area contributed by atoms with E-state index in [0.29, 0.717) is 6.42 Å². The predicted molar refractivity (Wildman–Crippen MR) is 83.1 cm³/mol. The Morgan fingerprint density at radius 2 is 1.81 bits per heavy atom. The lowest BCUT2D eigenvalue weighted by molar-refractivity contribution is -0.117. The predicted octanol–water partition coefficient (Wildman–Crippen LogP) is 2.82. The highest BCUT2D eigenvalue weighted by molar-refractivity contribution is 5.75. The number of hydrogen-bond donors (Lipinski definition) is 0. The van der Waals surface area contributed by atoms with Gasteiger partial charge in [-0.3, -0.25) is 4.90 Å². The first-order valence-electron chi connectivity index (χ1n) is 7.59. The van der Waals surface area contributed by atoms with Gasteiger partial charge in [0, 0.05) is 19.5 Å². The van der Waals surface area contributed by atoms with Crippen molar-refractivity contribution in [3.8, 4) is 11.5 Å². The number of carbonyl (C=O) groups excluding carboxylic acids is 1. The highest BCUT2D eigenvalue weighted by atomic mass is 16.5. The van der Waals surface area contributed by atoms with Crippen LogP contribution in [-0.4, -0.2) is 38.0 Å². The molecular formula is C17H25NO3. The fourth-order valence-corrected chi connectivity index (χ4v) is 2.84. The number of ketones is 1. The Morgan fingerprint density at radius 1 is 1.14 bits per heavy atom. The van der Waals surface area contributed by atoms with Gasteiger partial charge >= 0.3 is 0 Å². The maximum absolute atomic E-state index is 11.0. The molecule has 1 aromatic rings. The average Bonchev–Trinajstić information content (AvgIpc) is 2.49. The van der Waals surface area contributed by atoms with Gasteiger partial charge in [0.25, 0.3) is 0 Å². The quantitative estimate of drug-likeness (QED) is 0.724. The van der Waals surface area contributed by atoms with Gasteiger partial charge in [0.1, 0.15) is 5.78 Å². The van der Waals surface area contributed by atoms with Crippen molar-refractivity contribution in [3.05, 3.63) is 23.3 Å². The van der Waals surface area contributed by atoms with Gasteiger partial charge in [-0.1, -0.05) is 0 Å². The topological polar surface area (TPSA) is 38.8 Å². The summed E-state index contributed by atoms with van der Waals surface area (Å²) in [7, 11) is 3.35. The Morgan fingerprint density at radius 3 is 2.43 bits per heavy atom. The molecule has 1 aliphatic rings. The number of rotatable bonds is 7. The minimum atomic E-state index is 0.288. The smallest absolute Gasteiger partial charge is 0.161 e. The molecule has 116 valence electrons. The molecule has 0 aliphatic carbocycles. The Kier molecular flexibility index (Phi) is 5.62. The van der Waals surface area contributed by atoms with E-state index in [9.17, 15) is 4.79 Å². The summed E-state index contributed by atoms with van der Waals surface area (Å²) < 4.78 is 10.7. The van der Waals surface area contributed by atoms with Crippen molar-refractivity contribution >= 4 is 5.78 Å². The van der Waals surface area contributed by atoms with Crippen LogP contribution in [0.2, 0.25) is 0 Å². The summed E-state index contributed by atoms with van der Waals surface area (Å²) in [5, 5.41) is 0. The molecule has 0 saturated heterocycles. The summed E-state index contributed by atoms with van der Waals surface area (Å²) in [6.45, 7) is 4.75. The van der Waals surface area contributed by atoms with Crippen LogP contribution in [0, 0.1) is 0 Å². The Hall–Kier alpha value is -1.55. The van der Waals surface area contributed by atoms with Crippen LogP contribution < -0.4 is 9.47 Å². The van der Waals surface area contributed by atoms with E-state index < -0.39 is 0 Å². The monoisotopic (exact) mass is 291 g/mol. The molecule has 0 atom stereocenters. The molecule has 0 N–H and O–H groups in total. The Balaban J connectivity index is 1.95. The van der Waals surface area contributed by atoms with Crippen molar-refractivity contribution in [2.24, 2.45) is 0 Å². The summed E-state index contributed by atoms with van der Waals surface area (Å²) in [5.74, 6) is 1.90. The van der Waals surface area contributed by atoms with E-state index in [0.717, 1.165) is 50.4 Å². The van der Waals surface area contributed by atoms with Gasteiger partial charge in [0.05, 0.1) is 14.2 Å². The summed E-state index contributed by atoms with van der Waals surface area (Å²) in [4.78, 5) is 13.4. The molecule has 0 aromatic heterocycles. The largest absolute Gasteiger partial charge is 0.493 e. The lowest BCUT2D eigenvalue weighted by atomic mass is 9.98. The number of nitrogens with zero attached hydrogens (tertiary/aromatic N) is 1. The Bertz CT molecular complexity index is 499. The summed E-state index contributed by atoms with van der Waals surface area (Å²) in [6.07, 6.45) is 3.82. The second-order valence-corrected chi connectivity index (χ2v) is 5.66. The normalized spacial score (nSPS) is 14.6. The molecule has 2 rings (SSSR count). The molecule has 21 heavy (non-hydrogen) atoms. The number of benzene rings is 1. The maximum Gasteiger partial charge on any atom is 0.161 e. The number of methoxy groups -OCH3 is 2. The van der Waals surface area contributed by atoms with Crippen LogP contribution in [0.5, 0.6) is 11.5 Å². The fourth-order valence-electron chi connectivity index (χ4n) is 2.84. The summed E-state index contributed by atoms with van der Waals surface area (Å²) in [6, 6.07) is 4.19. The molecule has 0 unspecified atom stereocenters. The van der Waals surface area contributed by atoms with Crippen LogP contribution in [0.3, 0.4) is 0 Å². The van der Waals surface area contributed by atoms with Crippen LogP contribution in [-0.2, 0) is 17.8 Å². The third-order valence-corrected chi connectivity index (χ3v) is 4.05. The number of unbranched alkanes of at least 4 members (excludes halogenated alkanes) is 1. The Labute approximate surface area is 127 Å². The number of ether oxygens (including phenoxy) is 2. The third-order valence-electron chi connectivity index (χ3n) is 4.05. The van der Waals surface area contributed by atoms with Gasteiger partial charge in [-0.15, -0.1) is 0 Å². The van der Waals surface area contributed by atoms with Gasteiger partial charge < -0.3 is 14.3 Å². The van der Waals surface area contributed by atoms with E-state index in [-0.39, 0.29) is 5.78 Å². The van der Waals surface area contributed by atoms with Gasteiger partial charge in [-0.25, -0.2) is 0 Å². The molecule has 1 aliphatic heterocycles. The lowest BCUT2D eigenvalue weighted by Crippen LogP contribution is -2.31. The van der Waals surface area contributed by atoms with Gasteiger partial charge in [0.15, 0.2) is 11.5 Å². The highest BCUT2D eigenvalue weighted by Gasteiger charge is 2.19. The second kappa shape index (κ2) is 7.46. The highest BCUT2D eigenvalue weighted by Crippen LogP contribution is 2.33. The first-order valence-corrected chi connectivity index (χ1v) is 7.59. The zero-order valence-corrected chi connectivity index (χ0v) is 13.3. The molecule has 0 radical (unpaired) electrons. The molecular weight excluding hydrogens is 266 g/mol. The fraction of sp³-hybridized carbons (Fsp3) is 0.588. The van der Waals surface area contributed by atoms with E-state index in [4.69, 9.17) is 9.47 Å². The van der Waals surface area contributed by atoms with Crippen molar-refractivity contribution in [1.29, 1.82) is 0 Å². The van der Waals surface area contributed by atoms with Gasteiger partial charge in [-0.2, -0.15) is 0 Å². The number of carbonyl (C=O) groups is 1. The minimum absolute atomic E-state index is 0.288. The average molecular weight is 291 g/mol. The molecule has 0 bridgehead atoms. The number of hydrogen-bond acceptors (Lipinski definition) is 4. The molecule has 0 amide bonds. The molecule has 1 heterocycles. The zero-order chi connectivity index (χ0) is 15.2. The van der Waals surface area contributed by atoms with Gasteiger partial charge in [0.2, 0.25) is 0 Å². The van der Waals surface area contributed by atoms with E-state index in [1.54, 1.807) is 21.1 Å². The van der Waals surface area contributed by atoms with Crippen LogP contribution in [0.15, 0.2) is 12.1 Å². The van der Waals surface area contributed by atoms with Crippen LogP contribution in [0.4, 0.5) is 0 Å². The lowest BCUT2D eigenvalue weighted by Gasteiger charge is -2.29. The zero-order valence-electron chi connectivity index (χ0n) is 13.3. The van der Waals surface area contributed by atoms with Gasteiger partial charge in [-0.05, 0) is 56.0 Å². The molecule has 0 saturated carbocycles. The van der Waals surface area contributed by atoms with Crippen molar-refractivity contribution in [1.82, 2.24) is 4.90 Å². The molecule has 0 fully saturated rings. The standard InChI is InChI=1S/C17H25NO3/c1-13(19)6-4-5-8-18-9-7-14-10-16(20-2)17(21-3)11-15(14)12-18/h10-11H,4-9,12H2,1-3H3.